The highest BCUT2D eigenvalue weighted by molar-refractivity contribution is 5.42. The Bertz CT molecular complexity index is 595. The molecule has 0 saturated carbocycles. The number of hydrogen-bond acceptors (Lipinski definition) is 3. The molecule has 0 saturated heterocycles. The number of aryl methyl sites for hydroxylation is 1. The average molecular weight is 291 g/mol. The third-order valence-electron chi connectivity index (χ3n) is 3.48. The number of aromatic nitrogens is 2. The van der Waals surface area contributed by atoms with Crippen molar-refractivity contribution in [3.05, 3.63) is 47.0 Å². The maximum atomic E-state index is 13.2. The summed E-state index contributed by atoms with van der Waals surface area (Å²) >= 11 is 0. The van der Waals surface area contributed by atoms with Crippen molar-refractivity contribution in [2.24, 2.45) is 0 Å². The molecule has 4 nitrogen and oxygen atoms in total. The Labute approximate surface area is 124 Å². The Hall–Kier alpha value is -1.72. The number of hydrogen-bond donors (Lipinski definition) is 1. The molecule has 0 aliphatic heterocycles. The molecule has 1 heterocycles. The lowest BCUT2D eigenvalue weighted by Crippen LogP contribution is -2.19. The van der Waals surface area contributed by atoms with E-state index in [1.165, 1.54) is 12.1 Å². The average Bonchev–Trinajstić information content (AvgIpc) is 2.86. The van der Waals surface area contributed by atoms with Crippen molar-refractivity contribution in [1.29, 1.82) is 0 Å². The van der Waals surface area contributed by atoms with Gasteiger partial charge in [0.2, 0.25) is 0 Å². The van der Waals surface area contributed by atoms with Crippen LogP contribution in [0.3, 0.4) is 0 Å². The van der Waals surface area contributed by atoms with Crippen molar-refractivity contribution in [1.82, 2.24) is 15.1 Å². The molecular weight excluding hydrogens is 269 g/mol. The van der Waals surface area contributed by atoms with Crippen LogP contribution in [0.2, 0.25) is 0 Å². The zero-order valence-electron chi connectivity index (χ0n) is 12.8. The topological polar surface area (TPSA) is 39.1 Å². The minimum atomic E-state index is -0.220. The summed E-state index contributed by atoms with van der Waals surface area (Å²) < 4.78 is 20.2. The Morgan fingerprint density at radius 2 is 2.19 bits per heavy atom. The van der Waals surface area contributed by atoms with Gasteiger partial charge in [0.15, 0.2) is 0 Å². The SMILES string of the molecule is CCc1c(CNCCOC)cnn1-c1ccc(F)cc1C. The maximum Gasteiger partial charge on any atom is 0.123 e. The third-order valence-corrected chi connectivity index (χ3v) is 3.48. The van der Waals surface area contributed by atoms with Gasteiger partial charge in [0, 0.05) is 31.5 Å². The first-order valence-corrected chi connectivity index (χ1v) is 7.19. The van der Waals surface area contributed by atoms with Gasteiger partial charge in [-0.25, -0.2) is 9.07 Å². The molecule has 0 aliphatic rings. The van der Waals surface area contributed by atoms with Crippen LogP contribution in [0, 0.1) is 12.7 Å². The Kier molecular flexibility index (Phi) is 5.47. The predicted octanol–water partition coefficient (Wildman–Crippen LogP) is 2.62. The van der Waals surface area contributed by atoms with Crippen molar-refractivity contribution in [3.63, 3.8) is 0 Å². The number of benzene rings is 1. The van der Waals surface area contributed by atoms with E-state index < -0.39 is 0 Å². The van der Waals surface area contributed by atoms with E-state index in [0.29, 0.717) is 6.61 Å². The molecule has 114 valence electrons. The molecule has 0 fully saturated rings. The largest absolute Gasteiger partial charge is 0.383 e. The van der Waals surface area contributed by atoms with E-state index in [-0.39, 0.29) is 5.82 Å². The third kappa shape index (κ3) is 3.68. The van der Waals surface area contributed by atoms with Gasteiger partial charge in [-0.05, 0) is 37.1 Å². The van der Waals surface area contributed by atoms with Crippen molar-refractivity contribution < 1.29 is 9.13 Å². The highest BCUT2D eigenvalue weighted by atomic mass is 19.1. The first kappa shape index (κ1) is 15.7. The molecule has 1 N–H and O–H groups in total. The molecule has 0 unspecified atom stereocenters. The fourth-order valence-electron chi connectivity index (χ4n) is 2.39. The summed E-state index contributed by atoms with van der Waals surface area (Å²) in [4.78, 5) is 0. The zero-order chi connectivity index (χ0) is 15.2. The summed E-state index contributed by atoms with van der Waals surface area (Å²) in [6.07, 6.45) is 2.75. The highest BCUT2D eigenvalue weighted by Gasteiger charge is 2.12. The van der Waals surface area contributed by atoms with E-state index in [9.17, 15) is 4.39 Å². The van der Waals surface area contributed by atoms with Crippen LogP contribution < -0.4 is 5.32 Å². The zero-order valence-corrected chi connectivity index (χ0v) is 12.8. The summed E-state index contributed by atoms with van der Waals surface area (Å²) in [5, 5.41) is 7.80. The Balaban J connectivity index is 2.22. The number of rotatable bonds is 7. The van der Waals surface area contributed by atoms with E-state index in [4.69, 9.17) is 4.74 Å². The van der Waals surface area contributed by atoms with Gasteiger partial charge in [-0.15, -0.1) is 0 Å². The Morgan fingerprint density at radius 1 is 1.38 bits per heavy atom. The van der Waals surface area contributed by atoms with Crippen LogP contribution >= 0.6 is 0 Å². The van der Waals surface area contributed by atoms with Crippen LogP contribution in [0.4, 0.5) is 4.39 Å². The minimum Gasteiger partial charge on any atom is -0.383 e. The lowest BCUT2D eigenvalue weighted by atomic mass is 10.1. The van der Waals surface area contributed by atoms with Crippen LogP contribution in [0.25, 0.3) is 5.69 Å². The lowest BCUT2D eigenvalue weighted by molar-refractivity contribution is 0.199. The molecule has 0 radical (unpaired) electrons. The number of ether oxygens (including phenoxy) is 1. The molecular formula is C16H22FN3O. The van der Waals surface area contributed by atoms with Gasteiger partial charge in [0.1, 0.15) is 5.82 Å². The van der Waals surface area contributed by atoms with Gasteiger partial charge in [-0.2, -0.15) is 5.10 Å². The molecule has 0 atom stereocenters. The van der Waals surface area contributed by atoms with E-state index in [1.54, 1.807) is 13.2 Å². The Morgan fingerprint density at radius 3 is 2.86 bits per heavy atom. The van der Waals surface area contributed by atoms with Gasteiger partial charge >= 0.3 is 0 Å². The summed E-state index contributed by atoms with van der Waals surface area (Å²) in [5.74, 6) is -0.220. The summed E-state index contributed by atoms with van der Waals surface area (Å²) in [5.41, 5.74) is 4.12. The van der Waals surface area contributed by atoms with Gasteiger partial charge < -0.3 is 10.1 Å². The molecule has 0 aliphatic carbocycles. The van der Waals surface area contributed by atoms with Crippen LogP contribution in [-0.4, -0.2) is 30.0 Å². The number of nitrogens with one attached hydrogen (secondary N) is 1. The minimum absolute atomic E-state index is 0.220. The van der Waals surface area contributed by atoms with E-state index >= 15 is 0 Å². The standard InChI is InChI=1S/C16H22FN3O/c1-4-15-13(10-18-7-8-21-3)11-19-20(15)16-6-5-14(17)9-12(16)2/h5-6,9,11,18H,4,7-8,10H2,1-3H3. The van der Waals surface area contributed by atoms with Gasteiger partial charge in [0.25, 0.3) is 0 Å². The normalized spacial score (nSPS) is 11.0. The molecule has 1 aromatic carbocycles. The molecule has 0 spiro atoms. The fraction of sp³-hybridized carbons (Fsp3) is 0.438. The van der Waals surface area contributed by atoms with Crippen LogP contribution in [0.15, 0.2) is 24.4 Å². The summed E-state index contributed by atoms with van der Waals surface area (Å²) in [7, 11) is 1.69. The van der Waals surface area contributed by atoms with Crippen molar-refractivity contribution in [3.8, 4) is 5.69 Å². The summed E-state index contributed by atoms with van der Waals surface area (Å²) in [6, 6.07) is 4.78. The van der Waals surface area contributed by atoms with E-state index in [1.807, 2.05) is 17.8 Å². The van der Waals surface area contributed by atoms with E-state index in [2.05, 4.69) is 17.3 Å². The first-order valence-electron chi connectivity index (χ1n) is 7.19. The van der Waals surface area contributed by atoms with Crippen molar-refractivity contribution in [2.45, 2.75) is 26.8 Å². The monoisotopic (exact) mass is 291 g/mol. The molecule has 0 amide bonds. The van der Waals surface area contributed by atoms with Crippen LogP contribution in [0.1, 0.15) is 23.7 Å². The van der Waals surface area contributed by atoms with Gasteiger partial charge in [-0.3, -0.25) is 0 Å². The second kappa shape index (κ2) is 7.33. The smallest absolute Gasteiger partial charge is 0.123 e. The molecule has 2 aromatic rings. The molecule has 21 heavy (non-hydrogen) atoms. The van der Waals surface area contributed by atoms with Crippen molar-refractivity contribution in [2.75, 3.05) is 20.3 Å². The number of nitrogens with zero attached hydrogens (tertiary/aromatic N) is 2. The van der Waals surface area contributed by atoms with Gasteiger partial charge in [-0.1, -0.05) is 6.92 Å². The van der Waals surface area contributed by atoms with E-state index in [0.717, 1.165) is 42.0 Å². The van der Waals surface area contributed by atoms with Crippen molar-refractivity contribution >= 4 is 0 Å². The maximum absolute atomic E-state index is 13.2. The molecule has 5 heteroatoms. The second-order valence-corrected chi connectivity index (χ2v) is 4.98. The van der Waals surface area contributed by atoms with Gasteiger partial charge in [0.05, 0.1) is 18.5 Å². The quantitative estimate of drug-likeness (QED) is 0.797. The molecule has 0 bridgehead atoms. The molecule has 2 rings (SSSR count). The second-order valence-electron chi connectivity index (χ2n) is 4.98. The summed E-state index contributed by atoms with van der Waals surface area (Å²) in [6.45, 7) is 6.25. The molecule has 1 aromatic heterocycles. The highest BCUT2D eigenvalue weighted by Crippen LogP contribution is 2.19. The van der Waals surface area contributed by atoms with Crippen LogP contribution in [0.5, 0.6) is 0 Å². The first-order chi connectivity index (χ1) is 10.2. The number of halogens is 1. The lowest BCUT2D eigenvalue weighted by Gasteiger charge is -2.11. The predicted molar refractivity (Wildman–Crippen MR) is 81.2 cm³/mol. The van der Waals surface area contributed by atoms with Crippen LogP contribution in [-0.2, 0) is 17.7 Å². The fourth-order valence-corrected chi connectivity index (χ4v) is 2.39. The number of methoxy groups -OCH3 is 1.